The van der Waals surface area contributed by atoms with Gasteiger partial charge in [0.15, 0.2) is 0 Å². The summed E-state index contributed by atoms with van der Waals surface area (Å²) in [6.45, 7) is 7.21. The van der Waals surface area contributed by atoms with Crippen LogP contribution in [0, 0.1) is 11.3 Å². The van der Waals surface area contributed by atoms with Crippen LogP contribution in [0.25, 0.3) is 0 Å². The lowest BCUT2D eigenvalue weighted by atomic mass is 9.88. The summed E-state index contributed by atoms with van der Waals surface area (Å²) in [5, 5.41) is 13.9. The number of nitrogens with one attached hydrogen (secondary N) is 1. The molecule has 30 heavy (non-hydrogen) atoms. The molecule has 166 valence electrons. The molecule has 0 spiro atoms. The summed E-state index contributed by atoms with van der Waals surface area (Å²) in [6.07, 6.45) is 5.63. The maximum Gasteiger partial charge on any atom is 0.249 e. The Bertz CT molecular complexity index is 720. The number of benzene rings is 1. The first kappa shape index (κ1) is 22.8. The van der Waals surface area contributed by atoms with Gasteiger partial charge >= 0.3 is 0 Å². The molecular weight excluding hydrogens is 380 g/mol. The number of hydrogen-bond donors (Lipinski definition) is 2. The van der Waals surface area contributed by atoms with Crippen molar-refractivity contribution in [3.63, 3.8) is 0 Å². The van der Waals surface area contributed by atoms with E-state index in [1.807, 2.05) is 37.8 Å². The molecule has 1 saturated carbocycles. The van der Waals surface area contributed by atoms with Crippen LogP contribution in [0.2, 0.25) is 0 Å². The summed E-state index contributed by atoms with van der Waals surface area (Å²) in [6, 6.07) is 6.85. The predicted octanol–water partition coefficient (Wildman–Crippen LogP) is 3.90. The predicted molar refractivity (Wildman–Crippen MR) is 117 cm³/mol. The Morgan fingerprint density at radius 2 is 1.87 bits per heavy atom. The van der Waals surface area contributed by atoms with Crippen molar-refractivity contribution in [2.45, 2.75) is 71.4 Å². The van der Waals surface area contributed by atoms with Crippen molar-refractivity contribution < 1.29 is 19.4 Å². The average Bonchev–Trinajstić information content (AvgIpc) is 2.69. The van der Waals surface area contributed by atoms with Crippen molar-refractivity contribution in [2.24, 2.45) is 11.3 Å². The second-order valence-corrected chi connectivity index (χ2v) is 9.99. The number of aliphatic hydroxyl groups excluding tert-OH is 1. The molecule has 6 nitrogen and oxygen atoms in total. The van der Waals surface area contributed by atoms with E-state index in [0.717, 1.165) is 18.4 Å². The number of aliphatic hydroxyl groups is 1. The first-order valence-corrected chi connectivity index (χ1v) is 11.2. The van der Waals surface area contributed by atoms with Crippen LogP contribution < -0.4 is 5.32 Å². The van der Waals surface area contributed by atoms with Crippen molar-refractivity contribution >= 4 is 17.5 Å². The Kier molecular flexibility index (Phi) is 7.53. The van der Waals surface area contributed by atoms with Crippen molar-refractivity contribution in [3.8, 4) is 0 Å². The third-order valence-corrected chi connectivity index (χ3v) is 6.01. The molecule has 2 N–H and O–H groups in total. The largest absolute Gasteiger partial charge is 0.386 e. The van der Waals surface area contributed by atoms with E-state index in [9.17, 15) is 14.7 Å². The number of anilines is 1. The average molecular weight is 417 g/mol. The lowest BCUT2D eigenvalue weighted by molar-refractivity contribution is -0.155. The topological polar surface area (TPSA) is 78.9 Å². The van der Waals surface area contributed by atoms with E-state index in [4.69, 9.17) is 4.74 Å². The van der Waals surface area contributed by atoms with Gasteiger partial charge in [0.05, 0.1) is 12.6 Å². The summed E-state index contributed by atoms with van der Waals surface area (Å²) in [5.41, 5.74) is 1.35. The van der Waals surface area contributed by atoms with E-state index in [2.05, 4.69) is 5.32 Å². The second-order valence-electron chi connectivity index (χ2n) is 9.99. The monoisotopic (exact) mass is 416 g/mol. The minimum atomic E-state index is -0.822. The molecule has 1 heterocycles. The van der Waals surface area contributed by atoms with E-state index in [1.165, 1.54) is 19.3 Å². The van der Waals surface area contributed by atoms with Crippen molar-refractivity contribution in [3.05, 3.63) is 29.8 Å². The second kappa shape index (κ2) is 9.92. The summed E-state index contributed by atoms with van der Waals surface area (Å²) in [5.74, 6) is 0.443. The molecule has 0 bridgehead atoms. The zero-order valence-electron chi connectivity index (χ0n) is 18.5. The number of carbonyl (C=O) groups excluding carboxylic acids is 2. The highest BCUT2D eigenvalue weighted by Gasteiger charge is 2.36. The Labute approximate surface area is 180 Å². The quantitative estimate of drug-likeness (QED) is 0.737. The third-order valence-electron chi connectivity index (χ3n) is 6.01. The van der Waals surface area contributed by atoms with Gasteiger partial charge in [0.1, 0.15) is 12.7 Å². The van der Waals surface area contributed by atoms with Crippen LogP contribution >= 0.6 is 0 Å². The molecule has 2 amide bonds. The van der Waals surface area contributed by atoms with E-state index in [-0.39, 0.29) is 29.9 Å². The third kappa shape index (κ3) is 6.29. The van der Waals surface area contributed by atoms with E-state index in [1.54, 1.807) is 12.1 Å². The lowest BCUT2D eigenvalue weighted by Gasteiger charge is -2.40. The maximum atomic E-state index is 12.5. The van der Waals surface area contributed by atoms with Gasteiger partial charge in [-0.25, -0.2) is 0 Å². The molecule has 0 aromatic heterocycles. The summed E-state index contributed by atoms with van der Waals surface area (Å²) in [7, 11) is 0. The number of carbonyl (C=O) groups is 2. The van der Waals surface area contributed by atoms with Crippen LogP contribution in [0.3, 0.4) is 0 Å². The minimum absolute atomic E-state index is 0.0271. The van der Waals surface area contributed by atoms with Gasteiger partial charge in [0, 0.05) is 18.7 Å². The van der Waals surface area contributed by atoms with Gasteiger partial charge in [0.2, 0.25) is 11.8 Å². The normalized spacial score (nSPS) is 22.1. The van der Waals surface area contributed by atoms with Gasteiger partial charge in [-0.15, -0.1) is 0 Å². The number of amides is 2. The van der Waals surface area contributed by atoms with Crippen LogP contribution in [0.1, 0.15) is 71.0 Å². The van der Waals surface area contributed by atoms with Crippen LogP contribution in [-0.4, -0.2) is 47.6 Å². The number of rotatable bonds is 6. The Balaban J connectivity index is 1.65. The van der Waals surface area contributed by atoms with Crippen molar-refractivity contribution in [1.29, 1.82) is 0 Å². The van der Waals surface area contributed by atoms with Crippen LogP contribution in [0.4, 0.5) is 5.69 Å². The highest BCUT2D eigenvalue weighted by molar-refractivity contribution is 5.91. The zero-order valence-corrected chi connectivity index (χ0v) is 18.5. The first-order chi connectivity index (χ1) is 14.2. The smallest absolute Gasteiger partial charge is 0.249 e. The van der Waals surface area contributed by atoms with Crippen LogP contribution in [0.5, 0.6) is 0 Å². The Hall–Kier alpha value is -1.92. The van der Waals surface area contributed by atoms with Gasteiger partial charge in [-0.3, -0.25) is 9.59 Å². The fourth-order valence-electron chi connectivity index (χ4n) is 4.44. The summed E-state index contributed by atoms with van der Waals surface area (Å²) >= 11 is 0. The van der Waals surface area contributed by atoms with Crippen molar-refractivity contribution in [1.82, 2.24) is 4.90 Å². The maximum absolute atomic E-state index is 12.5. The standard InChI is InChI=1S/C24H36N2O4/c1-24(2,3)13-21(27)25-19-11-9-18(10-12-19)23(29)20-15-30-16-22(28)26(20)14-17-7-5-4-6-8-17/h9-12,17,20,23,29H,4-8,13-16H2,1-3H3,(H,25,27). The highest BCUT2D eigenvalue weighted by atomic mass is 16.5. The molecule has 2 unspecified atom stereocenters. The zero-order chi connectivity index (χ0) is 21.7. The van der Waals surface area contributed by atoms with Gasteiger partial charge in [-0.05, 0) is 41.9 Å². The highest BCUT2D eigenvalue weighted by Crippen LogP contribution is 2.30. The molecule has 1 saturated heterocycles. The fourth-order valence-corrected chi connectivity index (χ4v) is 4.44. The molecular formula is C24H36N2O4. The summed E-state index contributed by atoms with van der Waals surface area (Å²) < 4.78 is 5.47. The molecule has 2 atom stereocenters. The molecule has 1 aromatic carbocycles. The molecule has 0 radical (unpaired) electrons. The Morgan fingerprint density at radius 1 is 1.20 bits per heavy atom. The van der Waals surface area contributed by atoms with Gasteiger partial charge in [-0.1, -0.05) is 52.2 Å². The molecule has 1 aliphatic heterocycles. The number of nitrogens with zero attached hydrogens (tertiary/aromatic N) is 1. The molecule has 2 fully saturated rings. The first-order valence-electron chi connectivity index (χ1n) is 11.2. The molecule has 3 rings (SSSR count). The molecule has 1 aromatic rings. The van der Waals surface area contributed by atoms with Crippen molar-refractivity contribution in [2.75, 3.05) is 25.1 Å². The van der Waals surface area contributed by atoms with Crippen LogP contribution in [0.15, 0.2) is 24.3 Å². The van der Waals surface area contributed by atoms with Gasteiger partial charge in [-0.2, -0.15) is 0 Å². The van der Waals surface area contributed by atoms with Crippen LogP contribution in [-0.2, 0) is 14.3 Å². The number of ether oxygens (including phenoxy) is 1. The van der Waals surface area contributed by atoms with E-state index < -0.39 is 6.10 Å². The fraction of sp³-hybridized carbons (Fsp3) is 0.667. The molecule has 6 heteroatoms. The SMILES string of the molecule is CC(C)(C)CC(=O)Nc1ccc(C(O)C2COCC(=O)N2CC2CCCCC2)cc1. The number of morpholine rings is 1. The van der Waals surface area contributed by atoms with Gasteiger partial charge in [0.25, 0.3) is 0 Å². The van der Waals surface area contributed by atoms with Gasteiger partial charge < -0.3 is 20.1 Å². The lowest BCUT2D eigenvalue weighted by Crippen LogP contribution is -2.53. The number of hydrogen-bond acceptors (Lipinski definition) is 4. The molecule has 2 aliphatic rings. The van der Waals surface area contributed by atoms with E-state index in [0.29, 0.717) is 31.2 Å². The summed E-state index contributed by atoms with van der Waals surface area (Å²) in [4.78, 5) is 26.5. The Morgan fingerprint density at radius 3 is 2.50 bits per heavy atom. The molecule has 1 aliphatic carbocycles. The van der Waals surface area contributed by atoms with E-state index >= 15 is 0 Å². The minimum Gasteiger partial charge on any atom is -0.386 e.